The lowest BCUT2D eigenvalue weighted by Gasteiger charge is -2.38. The van der Waals surface area contributed by atoms with Crippen LogP contribution in [0, 0.1) is 0 Å². The number of benzene rings is 1. The molecule has 1 N–H and O–H groups in total. The van der Waals surface area contributed by atoms with Gasteiger partial charge in [-0.2, -0.15) is 0 Å². The maximum atomic E-state index is 13.0. The number of nitrogens with one attached hydrogen (secondary N) is 1. The van der Waals surface area contributed by atoms with E-state index in [0.29, 0.717) is 23.7 Å². The van der Waals surface area contributed by atoms with Crippen LogP contribution in [0.4, 0.5) is 5.00 Å². The molecule has 2 aromatic rings. The van der Waals surface area contributed by atoms with E-state index in [9.17, 15) is 9.59 Å². The Labute approximate surface area is 175 Å². The fourth-order valence-electron chi connectivity index (χ4n) is 3.60. The lowest BCUT2D eigenvalue weighted by Crippen LogP contribution is -2.52. The largest absolute Gasteiger partial charge is 0.462 e. The summed E-state index contributed by atoms with van der Waals surface area (Å²) in [6.45, 7) is 9.35. The van der Waals surface area contributed by atoms with E-state index < -0.39 is 5.97 Å². The van der Waals surface area contributed by atoms with Crippen LogP contribution in [-0.2, 0) is 14.3 Å². The molecule has 1 saturated heterocycles. The topological polar surface area (TPSA) is 67.9 Å². The van der Waals surface area contributed by atoms with Gasteiger partial charge in [0.15, 0.2) is 0 Å². The molecule has 0 radical (unpaired) electrons. The van der Waals surface area contributed by atoms with Crippen molar-refractivity contribution in [2.45, 2.75) is 45.9 Å². The number of esters is 1. The number of morpholine rings is 1. The van der Waals surface area contributed by atoms with E-state index in [-0.39, 0.29) is 30.8 Å². The van der Waals surface area contributed by atoms with Crippen LogP contribution in [0.2, 0.25) is 0 Å². The molecule has 0 unspecified atom stereocenters. The van der Waals surface area contributed by atoms with Crippen LogP contribution >= 0.6 is 11.3 Å². The Morgan fingerprint density at radius 1 is 1.24 bits per heavy atom. The van der Waals surface area contributed by atoms with Crippen molar-refractivity contribution in [3.63, 3.8) is 0 Å². The second-order valence-corrected chi connectivity index (χ2v) is 8.20. The molecule has 156 valence electrons. The summed E-state index contributed by atoms with van der Waals surface area (Å²) in [5.41, 5.74) is 2.09. The zero-order valence-electron chi connectivity index (χ0n) is 17.3. The average Bonchev–Trinajstić information content (AvgIpc) is 3.11. The van der Waals surface area contributed by atoms with Crippen molar-refractivity contribution in [2.75, 3.05) is 25.0 Å². The summed E-state index contributed by atoms with van der Waals surface area (Å²) < 4.78 is 11.0. The van der Waals surface area contributed by atoms with Crippen LogP contribution in [0.15, 0.2) is 35.7 Å². The number of hydrogen-bond acceptors (Lipinski definition) is 6. The number of rotatable bonds is 6. The van der Waals surface area contributed by atoms with Gasteiger partial charge in [-0.25, -0.2) is 4.79 Å². The molecule has 1 aliphatic rings. The van der Waals surface area contributed by atoms with E-state index in [0.717, 1.165) is 11.1 Å². The van der Waals surface area contributed by atoms with Gasteiger partial charge >= 0.3 is 5.97 Å². The molecular weight excluding hydrogens is 388 g/mol. The highest BCUT2D eigenvalue weighted by atomic mass is 32.1. The van der Waals surface area contributed by atoms with Gasteiger partial charge in [0.25, 0.3) is 0 Å². The normalized spacial score (nSPS) is 20.8. The zero-order chi connectivity index (χ0) is 21.0. The minimum absolute atomic E-state index is 0.0792. The number of anilines is 1. The predicted octanol–water partition coefficient (Wildman–Crippen LogP) is 4.03. The number of ether oxygens (including phenoxy) is 2. The number of thiophene rings is 1. The fraction of sp³-hybridized carbons (Fsp3) is 0.455. The van der Waals surface area contributed by atoms with Gasteiger partial charge in [-0.3, -0.25) is 9.69 Å². The molecule has 0 aliphatic carbocycles. The standard InChI is InChI=1S/C22H28N2O4S/c1-5-27-22(26)19-18(17-9-7-6-8-10-17)13-29-21(19)23-20(25)16(4)24-11-14(2)28-15(3)12-24/h6-10,13-16H,5,11-12H2,1-4H3,(H,23,25)/t14-,15-,16-/m1/s1. The van der Waals surface area contributed by atoms with E-state index in [1.165, 1.54) is 11.3 Å². The highest BCUT2D eigenvalue weighted by molar-refractivity contribution is 7.15. The molecule has 0 spiro atoms. The molecule has 1 amide bonds. The zero-order valence-corrected chi connectivity index (χ0v) is 18.1. The van der Waals surface area contributed by atoms with E-state index in [1.54, 1.807) is 6.92 Å². The second-order valence-electron chi connectivity index (χ2n) is 7.32. The van der Waals surface area contributed by atoms with E-state index in [2.05, 4.69) is 10.2 Å². The number of carbonyl (C=O) groups excluding carboxylic acids is 2. The van der Waals surface area contributed by atoms with Crippen molar-refractivity contribution >= 4 is 28.2 Å². The molecular formula is C22H28N2O4S. The Bertz CT molecular complexity index is 842. The van der Waals surface area contributed by atoms with Gasteiger partial charge in [-0.05, 0) is 33.3 Å². The van der Waals surface area contributed by atoms with Crippen molar-refractivity contribution in [1.82, 2.24) is 4.90 Å². The Morgan fingerprint density at radius 2 is 1.90 bits per heavy atom. The maximum absolute atomic E-state index is 13.0. The molecule has 0 saturated carbocycles. The van der Waals surface area contributed by atoms with Crippen molar-refractivity contribution in [1.29, 1.82) is 0 Å². The minimum Gasteiger partial charge on any atom is -0.462 e. The van der Waals surface area contributed by atoms with Gasteiger partial charge < -0.3 is 14.8 Å². The van der Waals surface area contributed by atoms with Crippen molar-refractivity contribution in [3.8, 4) is 11.1 Å². The Kier molecular flexibility index (Phi) is 7.05. The minimum atomic E-state index is -0.427. The number of carbonyl (C=O) groups is 2. The summed E-state index contributed by atoms with van der Waals surface area (Å²) in [7, 11) is 0. The van der Waals surface area contributed by atoms with Crippen LogP contribution in [0.3, 0.4) is 0 Å². The molecule has 3 atom stereocenters. The highest BCUT2D eigenvalue weighted by Crippen LogP contribution is 2.36. The summed E-state index contributed by atoms with van der Waals surface area (Å²) in [6.07, 6.45) is 0.158. The van der Waals surface area contributed by atoms with Crippen molar-refractivity contribution in [3.05, 3.63) is 41.3 Å². The lowest BCUT2D eigenvalue weighted by atomic mass is 10.0. The van der Waals surface area contributed by atoms with Gasteiger partial charge in [0.1, 0.15) is 10.6 Å². The molecule has 0 bridgehead atoms. The summed E-state index contributed by atoms with van der Waals surface area (Å²) >= 11 is 1.34. The first kappa shape index (κ1) is 21.5. The summed E-state index contributed by atoms with van der Waals surface area (Å²) in [6, 6.07) is 9.31. The maximum Gasteiger partial charge on any atom is 0.341 e. The predicted molar refractivity (Wildman–Crippen MR) is 115 cm³/mol. The number of amides is 1. The monoisotopic (exact) mass is 416 g/mol. The molecule has 1 aromatic carbocycles. The van der Waals surface area contributed by atoms with Gasteiger partial charge in [0, 0.05) is 24.0 Å². The highest BCUT2D eigenvalue weighted by Gasteiger charge is 2.31. The van der Waals surface area contributed by atoms with Crippen LogP contribution in [0.25, 0.3) is 11.1 Å². The fourth-order valence-corrected chi connectivity index (χ4v) is 4.56. The van der Waals surface area contributed by atoms with E-state index in [1.807, 2.05) is 56.5 Å². The van der Waals surface area contributed by atoms with Crippen LogP contribution in [0.1, 0.15) is 38.1 Å². The van der Waals surface area contributed by atoms with Gasteiger partial charge in [-0.1, -0.05) is 30.3 Å². The number of hydrogen-bond donors (Lipinski definition) is 1. The molecule has 1 aliphatic heterocycles. The van der Waals surface area contributed by atoms with Crippen molar-refractivity contribution < 1.29 is 19.1 Å². The van der Waals surface area contributed by atoms with Crippen LogP contribution in [0.5, 0.6) is 0 Å². The Morgan fingerprint density at radius 3 is 2.52 bits per heavy atom. The van der Waals surface area contributed by atoms with E-state index in [4.69, 9.17) is 9.47 Å². The molecule has 1 fully saturated rings. The molecule has 6 nitrogen and oxygen atoms in total. The first-order valence-electron chi connectivity index (χ1n) is 9.95. The SMILES string of the molecule is CCOC(=O)c1c(-c2ccccc2)csc1NC(=O)[C@@H](C)N1C[C@@H](C)O[C@H](C)C1. The second kappa shape index (κ2) is 9.52. The third-order valence-corrected chi connectivity index (χ3v) is 5.86. The van der Waals surface area contributed by atoms with E-state index >= 15 is 0 Å². The van der Waals surface area contributed by atoms with Gasteiger partial charge in [0.05, 0.1) is 24.9 Å². The number of nitrogens with zero attached hydrogens (tertiary/aromatic N) is 1. The van der Waals surface area contributed by atoms with Gasteiger partial charge in [0.2, 0.25) is 5.91 Å². The molecule has 29 heavy (non-hydrogen) atoms. The van der Waals surface area contributed by atoms with Crippen molar-refractivity contribution in [2.24, 2.45) is 0 Å². The molecule has 3 rings (SSSR count). The lowest BCUT2D eigenvalue weighted by molar-refractivity contribution is -0.126. The average molecular weight is 417 g/mol. The molecule has 2 heterocycles. The Hall–Kier alpha value is -2.22. The van der Waals surface area contributed by atoms with Crippen LogP contribution < -0.4 is 5.32 Å². The summed E-state index contributed by atoms with van der Waals surface area (Å²) in [4.78, 5) is 27.7. The van der Waals surface area contributed by atoms with Gasteiger partial charge in [-0.15, -0.1) is 11.3 Å². The molecule has 1 aromatic heterocycles. The third-order valence-electron chi connectivity index (χ3n) is 4.97. The first-order chi connectivity index (χ1) is 13.9. The third kappa shape index (κ3) is 5.04. The smallest absolute Gasteiger partial charge is 0.341 e. The molecule has 7 heteroatoms. The summed E-state index contributed by atoms with van der Waals surface area (Å²) in [5.74, 6) is -0.567. The van der Waals surface area contributed by atoms with Crippen LogP contribution in [-0.4, -0.2) is 54.7 Å². The Balaban J connectivity index is 1.83. The summed E-state index contributed by atoms with van der Waals surface area (Å²) in [5, 5.41) is 5.37. The first-order valence-corrected chi connectivity index (χ1v) is 10.8. The quantitative estimate of drug-likeness (QED) is 0.720.